The van der Waals surface area contributed by atoms with E-state index < -0.39 is 42.9 Å². The normalized spacial score (nSPS) is 13.9. The number of hydrogen-bond acceptors (Lipinski definition) is 5. The Balaban J connectivity index is 0. The average molecular weight is 460 g/mol. The molecular weight excluding hydrogens is 433 g/mol. The molecule has 0 aromatic carbocycles. The molecule has 30 heavy (non-hydrogen) atoms. The summed E-state index contributed by atoms with van der Waals surface area (Å²) in [4.78, 5) is 22.0. The van der Waals surface area contributed by atoms with Crippen LogP contribution in [0, 0.1) is 5.41 Å². The van der Waals surface area contributed by atoms with E-state index in [2.05, 4.69) is 10.1 Å². The fourth-order valence-corrected chi connectivity index (χ4v) is 1.99. The van der Waals surface area contributed by atoms with Crippen molar-refractivity contribution in [1.82, 2.24) is 5.32 Å². The van der Waals surface area contributed by atoms with Crippen molar-refractivity contribution in [2.45, 2.75) is 65.0 Å². The summed E-state index contributed by atoms with van der Waals surface area (Å²) in [6, 6.07) is 0.0248. The zero-order valence-corrected chi connectivity index (χ0v) is 17.0. The van der Waals surface area contributed by atoms with E-state index in [1.165, 1.54) is 0 Å². The maximum Gasteiger partial charge on any atom is 0.423 e. The highest BCUT2D eigenvalue weighted by molar-refractivity contribution is 5.67. The third-order valence-corrected chi connectivity index (χ3v) is 3.20. The lowest BCUT2D eigenvalue weighted by molar-refractivity contribution is -0.327. The standard InChI is InChI=1S/C12H24N2O4.C4H3F7O/c1-5-6-12(4,7-17-10(13)15)8-18-11(16)14-9(2)3;5-1-12-2(3(6,7)8)4(9,10)11/h9H,5-8H2,1-4H3,(H2,13,15)(H,14,16);2H,1H2. The third-order valence-electron chi connectivity index (χ3n) is 3.20. The molecule has 0 aromatic heterocycles. The summed E-state index contributed by atoms with van der Waals surface area (Å²) < 4.78 is 92.2. The Morgan fingerprint density at radius 2 is 1.47 bits per heavy atom. The fraction of sp³-hybridized carbons (Fsp3) is 0.875. The first-order valence-electron chi connectivity index (χ1n) is 8.65. The summed E-state index contributed by atoms with van der Waals surface area (Å²) in [6.45, 7) is 5.80. The second-order valence-electron chi connectivity index (χ2n) is 6.78. The molecule has 0 saturated carbocycles. The van der Waals surface area contributed by atoms with E-state index in [9.17, 15) is 40.3 Å². The van der Waals surface area contributed by atoms with Gasteiger partial charge in [0.2, 0.25) is 0 Å². The number of carbonyl (C=O) groups excluding carboxylic acids is 2. The molecule has 1 atom stereocenters. The molecule has 3 N–H and O–H groups in total. The maximum absolute atomic E-state index is 11.4. The molecule has 2 amide bonds. The zero-order valence-electron chi connectivity index (χ0n) is 17.0. The first-order valence-corrected chi connectivity index (χ1v) is 8.65. The molecule has 180 valence electrons. The lowest BCUT2D eigenvalue weighted by Crippen LogP contribution is -2.44. The number of nitrogens with one attached hydrogen (secondary N) is 1. The molecule has 0 aliphatic heterocycles. The molecular formula is C16H27F7N2O5. The molecule has 0 bridgehead atoms. The van der Waals surface area contributed by atoms with Crippen LogP contribution in [0.15, 0.2) is 0 Å². The summed E-state index contributed by atoms with van der Waals surface area (Å²) in [5.74, 6) is 0. The maximum atomic E-state index is 11.4. The van der Waals surface area contributed by atoms with Gasteiger partial charge in [-0.2, -0.15) is 26.3 Å². The van der Waals surface area contributed by atoms with Gasteiger partial charge in [-0.05, 0) is 20.3 Å². The van der Waals surface area contributed by atoms with Gasteiger partial charge in [0.1, 0.15) is 13.2 Å². The Kier molecular flexibility index (Phi) is 13.4. The third kappa shape index (κ3) is 14.9. The van der Waals surface area contributed by atoms with Crippen LogP contribution in [-0.2, 0) is 14.2 Å². The fourth-order valence-electron chi connectivity index (χ4n) is 1.99. The van der Waals surface area contributed by atoms with Gasteiger partial charge in [-0.25, -0.2) is 14.0 Å². The Morgan fingerprint density at radius 1 is 1.00 bits per heavy atom. The SMILES string of the molecule is CCCC(C)(COC(N)=O)COC(=O)NC(C)C.FCOC(C(F)(F)F)C(F)(F)F. The minimum Gasteiger partial charge on any atom is -0.449 e. The quantitative estimate of drug-likeness (QED) is 0.496. The highest BCUT2D eigenvalue weighted by Gasteiger charge is 2.58. The molecule has 0 fully saturated rings. The van der Waals surface area contributed by atoms with Crippen molar-refractivity contribution in [2.24, 2.45) is 11.1 Å². The summed E-state index contributed by atoms with van der Waals surface area (Å²) in [5.41, 5.74) is 4.53. The lowest BCUT2D eigenvalue weighted by atomic mass is 9.87. The number of alkyl halides is 7. The molecule has 0 heterocycles. The minimum atomic E-state index is -5.63. The minimum absolute atomic E-state index is 0.0248. The van der Waals surface area contributed by atoms with Gasteiger partial charge in [-0.15, -0.1) is 0 Å². The summed E-state index contributed by atoms with van der Waals surface area (Å²) in [5, 5.41) is 2.63. The molecule has 0 rings (SSSR count). The Hall–Kier alpha value is -1.99. The van der Waals surface area contributed by atoms with Crippen LogP contribution in [0.5, 0.6) is 0 Å². The molecule has 1 unspecified atom stereocenters. The number of carbonyl (C=O) groups is 2. The number of rotatable bonds is 9. The van der Waals surface area contributed by atoms with E-state index in [4.69, 9.17) is 15.2 Å². The van der Waals surface area contributed by atoms with Crippen LogP contribution in [-0.4, -0.2) is 56.8 Å². The van der Waals surface area contributed by atoms with Crippen LogP contribution in [0.4, 0.5) is 40.3 Å². The molecule has 0 aromatic rings. The Bertz CT molecular complexity index is 501. The van der Waals surface area contributed by atoms with E-state index >= 15 is 0 Å². The molecule has 0 spiro atoms. The van der Waals surface area contributed by atoms with Gasteiger partial charge in [-0.1, -0.05) is 20.3 Å². The lowest BCUT2D eigenvalue weighted by Gasteiger charge is -2.27. The predicted molar refractivity (Wildman–Crippen MR) is 91.1 cm³/mol. The second kappa shape index (κ2) is 13.3. The first-order chi connectivity index (χ1) is 13.5. The van der Waals surface area contributed by atoms with Crippen molar-refractivity contribution in [1.29, 1.82) is 0 Å². The molecule has 7 nitrogen and oxygen atoms in total. The van der Waals surface area contributed by atoms with Crippen LogP contribution in [0.3, 0.4) is 0 Å². The van der Waals surface area contributed by atoms with Crippen molar-refractivity contribution in [3.63, 3.8) is 0 Å². The highest BCUT2D eigenvalue weighted by Crippen LogP contribution is 2.35. The summed E-state index contributed by atoms with van der Waals surface area (Å²) in [6.07, 6.45) is -14.9. The predicted octanol–water partition coefficient (Wildman–Crippen LogP) is 4.45. The van der Waals surface area contributed by atoms with Crippen molar-refractivity contribution >= 4 is 12.2 Å². The topological polar surface area (TPSA) is 99.9 Å². The molecule has 0 aliphatic carbocycles. The number of primary amides is 1. The summed E-state index contributed by atoms with van der Waals surface area (Å²) >= 11 is 0. The van der Waals surface area contributed by atoms with Gasteiger partial charge < -0.3 is 25.3 Å². The molecule has 0 radical (unpaired) electrons. The van der Waals surface area contributed by atoms with E-state index in [1.54, 1.807) is 0 Å². The van der Waals surface area contributed by atoms with Gasteiger partial charge >= 0.3 is 24.5 Å². The highest BCUT2D eigenvalue weighted by atomic mass is 19.4. The van der Waals surface area contributed by atoms with Crippen molar-refractivity contribution in [3.05, 3.63) is 0 Å². The van der Waals surface area contributed by atoms with E-state index in [1.807, 2.05) is 27.7 Å². The van der Waals surface area contributed by atoms with Crippen LogP contribution in [0.25, 0.3) is 0 Å². The first kappa shape index (κ1) is 30.2. The smallest absolute Gasteiger partial charge is 0.423 e. The number of halogens is 7. The van der Waals surface area contributed by atoms with Crippen LogP contribution in [0.2, 0.25) is 0 Å². The second-order valence-corrected chi connectivity index (χ2v) is 6.78. The Morgan fingerprint density at radius 3 is 1.77 bits per heavy atom. The van der Waals surface area contributed by atoms with E-state index in [-0.39, 0.29) is 19.3 Å². The number of hydrogen-bond donors (Lipinski definition) is 2. The van der Waals surface area contributed by atoms with Crippen molar-refractivity contribution < 1.29 is 54.5 Å². The number of ether oxygens (including phenoxy) is 3. The average Bonchev–Trinajstić information content (AvgIpc) is 2.54. The monoisotopic (exact) mass is 460 g/mol. The van der Waals surface area contributed by atoms with E-state index in [0.717, 1.165) is 12.8 Å². The van der Waals surface area contributed by atoms with E-state index in [0.29, 0.717) is 0 Å². The van der Waals surface area contributed by atoms with Crippen LogP contribution >= 0.6 is 0 Å². The number of alkyl carbamates (subject to hydrolysis) is 1. The van der Waals surface area contributed by atoms with Crippen LogP contribution in [0.1, 0.15) is 40.5 Å². The van der Waals surface area contributed by atoms with Crippen molar-refractivity contribution in [3.8, 4) is 0 Å². The molecule has 14 heteroatoms. The van der Waals surface area contributed by atoms with Crippen LogP contribution < -0.4 is 11.1 Å². The van der Waals surface area contributed by atoms with Gasteiger partial charge in [0, 0.05) is 11.5 Å². The Labute approximate surface area is 169 Å². The van der Waals surface area contributed by atoms with Crippen molar-refractivity contribution in [2.75, 3.05) is 20.1 Å². The summed E-state index contributed by atoms with van der Waals surface area (Å²) in [7, 11) is 0. The van der Waals surface area contributed by atoms with Gasteiger partial charge in [0.25, 0.3) is 6.10 Å². The number of amides is 2. The van der Waals surface area contributed by atoms with Gasteiger partial charge in [0.05, 0.1) is 0 Å². The van der Waals surface area contributed by atoms with Gasteiger partial charge in [-0.3, -0.25) is 0 Å². The molecule has 0 saturated heterocycles. The largest absolute Gasteiger partial charge is 0.449 e. The van der Waals surface area contributed by atoms with Gasteiger partial charge in [0.15, 0.2) is 6.86 Å². The molecule has 0 aliphatic rings. The zero-order chi connectivity index (χ0) is 24.2. The number of nitrogens with two attached hydrogens (primary N) is 1.